The number of rotatable bonds is 9. The lowest BCUT2D eigenvalue weighted by molar-refractivity contribution is 0.150. The zero-order valence-corrected chi connectivity index (χ0v) is 13.3. The molecule has 0 unspecified atom stereocenters. The van der Waals surface area contributed by atoms with Gasteiger partial charge in [0.15, 0.2) is 0 Å². The number of halogens is 1. The molecular weight excluding hydrogens is 302 g/mol. The van der Waals surface area contributed by atoms with Crippen LogP contribution in [0, 0.1) is 0 Å². The second kappa shape index (κ2) is 8.59. The van der Waals surface area contributed by atoms with E-state index in [0.717, 1.165) is 5.56 Å². The molecule has 0 aliphatic heterocycles. The first-order chi connectivity index (χ1) is 9.56. The molecule has 114 valence electrons. The van der Waals surface area contributed by atoms with Gasteiger partial charge in [-0.25, -0.2) is 8.42 Å². The van der Waals surface area contributed by atoms with Crippen LogP contribution in [0.2, 0.25) is 0 Å². The van der Waals surface area contributed by atoms with Gasteiger partial charge < -0.3 is 9.47 Å². The van der Waals surface area contributed by atoms with Crippen LogP contribution in [0.15, 0.2) is 29.2 Å². The normalized spacial score (nSPS) is 12.0. The Bertz CT molecular complexity index is 482. The second-order valence-corrected chi connectivity index (χ2v) is 6.37. The maximum Gasteiger partial charge on any atom is 0.243 e. The largest absolute Gasteiger partial charge is 0.383 e. The van der Waals surface area contributed by atoms with Gasteiger partial charge in [0.25, 0.3) is 0 Å². The van der Waals surface area contributed by atoms with E-state index in [0.29, 0.717) is 32.2 Å². The Morgan fingerprint density at radius 3 is 1.95 bits per heavy atom. The van der Waals surface area contributed by atoms with Crippen LogP contribution in [-0.4, -0.2) is 53.2 Å². The van der Waals surface area contributed by atoms with Crippen LogP contribution < -0.4 is 0 Å². The second-order valence-electron chi connectivity index (χ2n) is 4.17. The molecule has 0 heterocycles. The van der Waals surface area contributed by atoms with Gasteiger partial charge in [-0.3, -0.25) is 0 Å². The van der Waals surface area contributed by atoms with Gasteiger partial charge in [-0.15, -0.1) is 11.6 Å². The number of nitrogens with zero attached hydrogens (tertiary/aromatic N) is 1. The monoisotopic (exact) mass is 321 g/mol. The van der Waals surface area contributed by atoms with Crippen molar-refractivity contribution in [3.05, 3.63) is 29.8 Å². The minimum Gasteiger partial charge on any atom is -0.383 e. The molecule has 0 aromatic heterocycles. The highest BCUT2D eigenvalue weighted by molar-refractivity contribution is 7.89. The molecule has 5 nitrogen and oxygen atoms in total. The number of benzene rings is 1. The van der Waals surface area contributed by atoms with Crippen molar-refractivity contribution < 1.29 is 17.9 Å². The van der Waals surface area contributed by atoms with Crippen LogP contribution in [0.4, 0.5) is 0 Å². The van der Waals surface area contributed by atoms with Crippen molar-refractivity contribution in [2.45, 2.75) is 10.8 Å². The van der Waals surface area contributed by atoms with E-state index in [-0.39, 0.29) is 4.90 Å². The summed E-state index contributed by atoms with van der Waals surface area (Å²) in [6.07, 6.45) is 0. The third-order valence-corrected chi connectivity index (χ3v) is 5.03. The van der Waals surface area contributed by atoms with Crippen molar-refractivity contribution >= 4 is 21.6 Å². The summed E-state index contributed by atoms with van der Waals surface area (Å²) < 4.78 is 36.3. The molecule has 0 saturated carbocycles. The molecule has 0 aliphatic carbocycles. The number of methoxy groups -OCH3 is 2. The van der Waals surface area contributed by atoms with Crippen LogP contribution in [0.1, 0.15) is 5.56 Å². The van der Waals surface area contributed by atoms with E-state index < -0.39 is 10.0 Å². The zero-order chi connectivity index (χ0) is 15.0. The molecule has 0 amide bonds. The summed E-state index contributed by atoms with van der Waals surface area (Å²) in [6.45, 7) is 1.25. The molecule has 1 aromatic carbocycles. The molecule has 1 aromatic rings. The lowest BCUT2D eigenvalue weighted by Crippen LogP contribution is -2.36. The third kappa shape index (κ3) is 4.71. The highest BCUT2D eigenvalue weighted by atomic mass is 35.5. The van der Waals surface area contributed by atoms with Gasteiger partial charge >= 0.3 is 0 Å². The Kier molecular flexibility index (Phi) is 7.47. The predicted molar refractivity (Wildman–Crippen MR) is 78.5 cm³/mol. The van der Waals surface area contributed by atoms with Crippen molar-refractivity contribution in [2.75, 3.05) is 40.5 Å². The lowest BCUT2D eigenvalue weighted by atomic mass is 10.2. The molecule has 1 rings (SSSR count). The summed E-state index contributed by atoms with van der Waals surface area (Å²) in [5.74, 6) is 0.359. The summed E-state index contributed by atoms with van der Waals surface area (Å²) >= 11 is 5.70. The van der Waals surface area contributed by atoms with Crippen molar-refractivity contribution in [1.82, 2.24) is 4.31 Å². The first-order valence-electron chi connectivity index (χ1n) is 6.19. The molecule has 0 fully saturated rings. The first-order valence-corrected chi connectivity index (χ1v) is 8.16. The van der Waals surface area contributed by atoms with Gasteiger partial charge in [-0.05, 0) is 17.7 Å². The highest BCUT2D eigenvalue weighted by Gasteiger charge is 2.23. The summed E-state index contributed by atoms with van der Waals surface area (Å²) in [7, 11) is -0.464. The maximum absolute atomic E-state index is 12.5. The van der Waals surface area contributed by atoms with Crippen LogP contribution in [0.5, 0.6) is 0 Å². The average molecular weight is 322 g/mol. The Morgan fingerprint density at radius 1 is 1.05 bits per heavy atom. The molecule has 0 N–H and O–H groups in total. The van der Waals surface area contributed by atoms with E-state index >= 15 is 0 Å². The number of hydrogen-bond acceptors (Lipinski definition) is 4. The molecule has 0 atom stereocenters. The number of sulfonamides is 1. The van der Waals surface area contributed by atoms with Crippen LogP contribution >= 0.6 is 11.6 Å². The number of alkyl halides is 1. The van der Waals surface area contributed by atoms with Gasteiger partial charge in [0, 0.05) is 33.2 Å². The van der Waals surface area contributed by atoms with E-state index in [1.807, 2.05) is 0 Å². The molecule has 0 bridgehead atoms. The fourth-order valence-electron chi connectivity index (χ4n) is 1.64. The van der Waals surface area contributed by atoms with E-state index in [2.05, 4.69) is 0 Å². The van der Waals surface area contributed by atoms with Gasteiger partial charge in [0.1, 0.15) is 0 Å². The quantitative estimate of drug-likeness (QED) is 0.650. The van der Waals surface area contributed by atoms with E-state index in [4.69, 9.17) is 21.1 Å². The van der Waals surface area contributed by atoms with Crippen molar-refractivity contribution in [2.24, 2.45) is 0 Å². The SMILES string of the molecule is COCCN(CCOC)S(=O)(=O)c1ccc(CCl)cc1. The molecular formula is C13H20ClNO4S. The summed E-state index contributed by atoms with van der Waals surface area (Å²) in [5.41, 5.74) is 0.881. The summed E-state index contributed by atoms with van der Waals surface area (Å²) in [6, 6.07) is 6.56. The summed E-state index contributed by atoms with van der Waals surface area (Å²) in [5, 5.41) is 0. The molecule has 0 spiro atoms. The van der Waals surface area contributed by atoms with E-state index in [1.54, 1.807) is 24.3 Å². The minimum absolute atomic E-state index is 0.249. The van der Waals surface area contributed by atoms with Crippen molar-refractivity contribution in [3.63, 3.8) is 0 Å². The highest BCUT2D eigenvalue weighted by Crippen LogP contribution is 2.17. The zero-order valence-electron chi connectivity index (χ0n) is 11.7. The molecule has 0 radical (unpaired) electrons. The van der Waals surface area contributed by atoms with Gasteiger partial charge in [-0.1, -0.05) is 12.1 Å². The molecule has 0 saturated heterocycles. The van der Waals surface area contributed by atoms with E-state index in [9.17, 15) is 8.42 Å². The van der Waals surface area contributed by atoms with Crippen LogP contribution in [0.25, 0.3) is 0 Å². The number of ether oxygens (including phenoxy) is 2. The lowest BCUT2D eigenvalue weighted by Gasteiger charge is -2.21. The predicted octanol–water partition coefficient (Wildman–Crippen LogP) is 1.71. The van der Waals surface area contributed by atoms with Gasteiger partial charge in [0.05, 0.1) is 18.1 Å². The van der Waals surface area contributed by atoms with Crippen molar-refractivity contribution in [3.8, 4) is 0 Å². The van der Waals surface area contributed by atoms with Gasteiger partial charge in [-0.2, -0.15) is 4.31 Å². The maximum atomic E-state index is 12.5. The van der Waals surface area contributed by atoms with Crippen molar-refractivity contribution in [1.29, 1.82) is 0 Å². The Morgan fingerprint density at radius 2 is 1.55 bits per heavy atom. The van der Waals surface area contributed by atoms with E-state index in [1.165, 1.54) is 18.5 Å². The smallest absolute Gasteiger partial charge is 0.243 e. The topological polar surface area (TPSA) is 55.8 Å². The number of hydrogen-bond donors (Lipinski definition) is 0. The third-order valence-electron chi connectivity index (χ3n) is 2.81. The Hall–Kier alpha value is -0.660. The first kappa shape index (κ1) is 17.4. The molecule has 7 heteroatoms. The standard InChI is InChI=1S/C13H20ClNO4S/c1-18-9-7-15(8-10-19-2)20(16,17)13-5-3-12(11-14)4-6-13/h3-6H,7-11H2,1-2H3. The summed E-state index contributed by atoms with van der Waals surface area (Å²) in [4.78, 5) is 0.249. The fraction of sp³-hybridized carbons (Fsp3) is 0.538. The van der Waals surface area contributed by atoms with Crippen LogP contribution in [-0.2, 0) is 25.4 Å². The average Bonchev–Trinajstić information content (AvgIpc) is 2.47. The van der Waals surface area contributed by atoms with Crippen LogP contribution in [0.3, 0.4) is 0 Å². The fourth-order valence-corrected chi connectivity index (χ4v) is 3.22. The Labute approximate surface area is 125 Å². The van der Waals surface area contributed by atoms with Gasteiger partial charge in [0.2, 0.25) is 10.0 Å². The minimum atomic E-state index is -3.54. The Balaban J connectivity index is 2.94. The molecule has 20 heavy (non-hydrogen) atoms. The molecule has 0 aliphatic rings.